The second-order valence-corrected chi connectivity index (χ2v) is 9.12. The molecule has 5 atom stereocenters. The highest BCUT2D eigenvalue weighted by Crippen LogP contribution is 2.37. The van der Waals surface area contributed by atoms with E-state index < -0.39 is 12.0 Å². The molecule has 3 rings (SSSR count). The fourth-order valence-corrected chi connectivity index (χ4v) is 6.41. The van der Waals surface area contributed by atoms with E-state index in [2.05, 4.69) is 16.0 Å². The van der Waals surface area contributed by atoms with Gasteiger partial charge in [0.25, 0.3) is 0 Å². The first-order valence-electron chi connectivity index (χ1n) is 8.89. The summed E-state index contributed by atoms with van der Waals surface area (Å²) in [5, 5.41) is 8.64. The SMILES string of the molecule is CCOC(=O)NC(=O)C1CCSC1NC(=O)C1NC2CCCCC2S1. The molecule has 1 saturated carbocycles. The number of rotatable bonds is 4. The molecule has 2 aliphatic heterocycles. The maximum atomic E-state index is 12.6. The normalized spacial score (nSPS) is 34.2. The summed E-state index contributed by atoms with van der Waals surface area (Å²) < 4.78 is 4.75. The second-order valence-electron chi connectivity index (χ2n) is 6.52. The van der Waals surface area contributed by atoms with Crippen LogP contribution in [-0.2, 0) is 14.3 Å². The average Bonchev–Trinajstić information content (AvgIpc) is 3.21. The van der Waals surface area contributed by atoms with Gasteiger partial charge in [-0.3, -0.25) is 20.2 Å². The maximum absolute atomic E-state index is 12.6. The average molecular weight is 388 g/mol. The predicted molar refractivity (Wildman–Crippen MR) is 98.2 cm³/mol. The summed E-state index contributed by atoms with van der Waals surface area (Å²) in [4.78, 5) is 36.3. The Morgan fingerprint density at radius 3 is 2.72 bits per heavy atom. The van der Waals surface area contributed by atoms with Gasteiger partial charge in [0.05, 0.1) is 17.9 Å². The molecule has 5 unspecified atom stereocenters. The van der Waals surface area contributed by atoms with Crippen molar-refractivity contribution in [2.24, 2.45) is 5.92 Å². The van der Waals surface area contributed by atoms with E-state index in [1.165, 1.54) is 12.8 Å². The maximum Gasteiger partial charge on any atom is 0.413 e. The number of ether oxygens (including phenoxy) is 1. The van der Waals surface area contributed by atoms with Crippen LogP contribution < -0.4 is 16.0 Å². The summed E-state index contributed by atoms with van der Waals surface area (Å²) in [6.45, 7) is 1.90. The Hall–Kier alpha value is -0.930. The van der Waals surface area contributed by atoms with Crippen molar-refractivity contribution < 1.29 is 19.1 Å². The minimum atomic E-state index is -0.730. The van der Waals surface area contributed by atoms with Crippen molar-refractivity contribution in [2.75, 3.05) is 12.4 Å². The molecule has 25 heavy (non-hydrogen) atoms. The van der Waals surface area contributed by atoms with E-state index in [0.29, 0.717) is 17.7 Å². The van der Waals surface area contributed by atoms with Gasteiger partial charge >= 0.3 is 6.09 Å². The number of alkyl carbamates (subject to hydrolysis) is 1. The van der Waals surface area contributed by atoms with Crippen LogP contribution in [-0.4, -0.2) is 52.3 Å². The second kappa shape index (κ2) is 8.64. The van der Waals surface area contributed by atoms with Crippen LogP contribution in [0.1, 0.15) is 39.0 Å². The quantitative estimate of drug-likeness (QED) is 0.671. The number of amides is 3. The molecule has 0 spiro atoms. The van der Waals surface area contributed by atoms with Crippen LogP contribution in [0.5, 0.6) is 0 Å². The summed E-state index contributed by atoms with van der Waals surface area (Å²) in [6.07, 6.45) is 4.65. The van der Waals surface area contributed by atoms with Gasteiger partial charge in [-0.2, -0.15) is 0 Å². The number of carbonyl (C=O) groups is 3. The Morgan fingerprint density at radius 2 is 1.96 bits per heavy atom. The Kier molecular flexibility index (Phi) is 6.51. The smallest absolute Gasteiger partial charge is 0.413 e. The number of hydrogen-bond acceptors (Lipinski definition) is 7. The number of fused-ring (bicyclic) bond motifs is 1. The summed E-state index contributed by atoms with van der Waals surface area (Å²) in [5.74, 6) is -0.0725. The number of nitrogens with one attached hydrogen (secondary N) is 3. The third kappa shape index (κ3) is 4.62. The molecular weight excluding hydrogens is 362 g/mol. The standard InChI is InChI=1S/C16H25N3O4S2/c1-2-23-16(22)19-12(20)9-7-8-24-14(9)18-13(21)15-17-10-5-3-4-6-11(10)25-15/h9-11,14-15,17H,2-8H2,1H3,(H,18,21)(H,19,20,22). The minimum Gasteiger partial charge on any atom is -0.450 e. The third-order valence-electron chi connectivity index (χ3n) is 4.83. The van der Waals surface area contributed by atoms with Gasteiger partial charge in [-0.15, -0.1) is 23.5 Å². The first-order chi connectivity index (χ1) is 12.1. The highest BCUT2D eigenvalue weighted by Gasteiger charge is 2.41. The number of carbonyl (C=O) groups excluding carboxylic acids is 3. The summed E-state index contributed by atoms with van der Waals surface area (Å²) >= 11 is 3.26. The zero-order chi connectivity index (χ0) is 17.8. The highest BCUT2D eigenvalue weighted by atomic mass is 32.2. The van der Waals surface area contributed by atoms with E-state index in [-0.39, 0.29) is 29.2 Å². The Bertz CT molecular complexity index is 520. The van der Waals surface area contributed by atoms with Crippen LogP contribution in [0.2, 0.25) is 0 Å². The Morgan fingerprint density at radius 1 is 1.16 bits per heavy atom. The van der Waals surface area contributed by atoms with Gasteiger partial charge in [0.1, 0.15) is 5.37 Å². The number of thioether (sulfide) groups is 2. The molecular formula is C16H25N3O4S2. The van der Waals surface area contributed by atoms with Gasteiger partial charge in [0.15, 0.2) is 0 Å². The zero-order valence-corrected chi connectivity index (χ0v) is 15.9. The van der Waals surface area contributed by atoms with Crippen LogP contribution in [0, 0.1) is 5.92 Å². The Balaban J connectivity index is 1.51. The lowest BCUT2D eigenvalue weighted by atomic mass is 9.95. The first-order valence-corrected chi connectivity index (χ1v) is 10.9. The van der Waals surface area contributed by atoms with E-state index in [9.17, 15) is 14.4 Å². The molecule has 7 nitrogen and oxygen atoms in total. The lowest BCUT2D eigenvalue weighted by Crippen LogP contribution is -2.49. The topological polar surface area (TPSA) is 96.5 Å². The van der Waals surface area contributed by atoms with Crippen molar-refractivity contribution in [3.05, 3.63) is 0 Å². The minimum absolute atomic E-state index is 0.0623. The van der Waals surface area contributed by atoms with Crippen LogP contribution in [0.15, 0.2) is 0 Å². The fraction of sp³-hybridized carbons (Fsp3) is 0.812. The predicted octanol–water partition coefficient (Wildman–Crippen LogP) is 1.43. The van der Waals surface area contributed by atoms with Crippen LogP contribution in [0.3, 0.4) is 0 Å². The molecule has 3 N–H and O–H groups in total. The highest BCUT2D eigenvalue weighted by molar-refractivity contribution is 8.01. The lowest BCUT2D eigenvalue weighted by Gasteiger charge is -2.23. The molecule has 9 heteroatoms. The van der Waals surface area contributed by atoms with Gasteiger partial charge in [0, 0.05) is 11.3 Å². The van der Waals surface area contributed by atoms with Crippen molar-refractivity contribution in [3.63, 3.8) is 0 Å². The van der Waals surface area contributed by atoms with Crippen molar-refractivity contribution in [1.29, 1.82) is 0 Å². The van der Waals surface area contributed by atoms with Gasteiger partial charge in [-0.1, -0.05) is 12.8 Å². The summed E-state index contributed by atoms with van der Waals surface area (Å²) in [5.41, 5.74) is 0. The first kappa shape index (κ1) is 18.8. The molecule has 0 aromatic rings. The molecule has 2 saturated heterocycles. The van der Waals surface area contributed by atoms with E-state index in [1.807, 2.05) is 0 Å². The van der Waals surface area contributed by atoms with Crippen molar-refractivity contribution in [1.82, 2.24) is 16.0 Å². The summed E-state index contributed by atoms with van der Waals surface area (Å²) in [6, 6.07) is 0.425. The van der Waals surface area contributed by atoms with E-state index in [4.69, 9.17) is 4.74 Å². The van der Waals surface area contributed by atoms with Gasteiger partial charge < -0.3 is 10.1 Å². The zero-order valence-electron chi connectivity index (χ0n) is 14.3. The van der Waals surface area contributed by atoms with E-state index in [1.54, 1.807) is 30.4 Å². The fourth-order valence-electron chi connectivity index (χ4n) is 3.57. The molecule has 0 radical (unpaired) electrons. The molecule has 0 bridgehead atoms. The Labute approximate surface area is 156 Å². The molecule has 0 aromatic heterocycles. The molecule has 140 valence electrons. The molecule has 0 aromatic carbocycles. The molecule has 2 heterocycles. The van der Waals surface area contributed by atoms with Crippen LogP contribution >= 0.6 is 23.5 Å². The number of hydrogen-bond donors (Lipinski definition) is 3. The monoisotopic (exact) mass is 387 g/mol. The van der Waals surface area contributed by atoms with Crippen molar-refractivity contribution in [3.8, 4) is 0 Å². The molecule has 3 aliphatic rings. The van der Waals surface area contributed by atoms with E-state index >= 15 is 0 Å². The largest absolute Gasteiger partial charge is 0.450 e. The van der Waals surface area contributed by atoms with E-state index in [0.717, 1.165) is 18.6 Å². The van der Waals surface area contributed by atoms with Crippen molar-refractivity contribution >= 4 is 41.4 Å². The van der Waals surface area contributed by atoms with Crippen LogP contribution in [0.25, 0.3) is 0 Å². The van der Waals surface area contributed by atoms with Gasteiger partial charge in [0.2, 0.25) is 11.8 Å². The van der Waals surface area contributed by atoms with Crippen LogP contribution in [0.4, 0.5) is 4.79 Å². The third-order valence-corrected chi connectivity index (χ3v) is 7.64. The lowest BCUT2D eigenvalue weighted by molar-refractivity contribution is -0.125. The summed E-state index contributed by atoms with van der Waals surface area (Å²) in [7, 11) is 0. The number of imide groups is 1. The molecule has 3 fully saturated rings. The molecule has 3 amide bonds. The van der Waals surface area contributed by atoms with Gasteiger partial charge in [-0.25, -0.2) is 4.79 Å². The molecule has 1 aliphatic carbocycles. The van der Waals surface area contributed by atoms with Crippen molar-refractivity contribution in [2.45, 2.75) is 61.1 Å². The van der Waals surface area contributed by atoms with Gasteiger partial charge in [-0.05, 0) is 31.9 Å².